The maximum absolute atomic E-state index is 5.61. The molecule has 0 saturated heterocycles. The highest BCUT2D eigenvalue weighted by molar-refractivity contribution is 9.10. The van der Waals surface area contributed by atoms with Gasteiger partial charge in [0.1, 0.15) is 16.0 Å². The molecule has 1 aliphatic carbocycles. The molecule has 0 amide bonds. The van der Waals surface area contributed by atoms with Gasteiger partial charge in [-0.3, -0.25) is 0 Å². The molecule has 1 aromatic rings. The van der Waals surface area contributed by atoms with Crippen molar-refractivity contribution in [2.75, 3.05) is 20.8 Å². The number of hydrogen-bond acceptors (Lipinski definition) is 3. The fraction of sp³-hybridized carbons (Fsp3) is 0.625. The van der Waals surface area contributed by atoms with Crippen LogP contribution in [0, 0.1) is 5.92 Å². The predicted octanol–water partition coefficient (Wildman–Crippen LogP) is 4.31. The van der Waals surface area contributed by atoms with Crippen LogP contribution >= 0.6 is 15.9 Å². The van der Waals surface area contributed by atoms with Crippen molar-refractivity contribution in [2.24, 2.45) is 5.92 Å². The van der Waals surface area contributed by atoms with Gasteiger partial charge < -0.3 is 14.8 Å². The van der Waals surface area contributed by atoms with E-state index in [1.165, 1.54) is 24.8 Å². The lowest BCUT2D eigenvalue weighted by Gasteiger charge is -2.22. The Balaban J connectivity index is 2.27. The molecule has 0 bridgehead atoms. The van der Waals surface area contributed by atoms with Gasteiger partial charge in [-0.1, -0.05) is 19.8 Å². The topological polar surface area (TPSA) is 30.5 Å². The highest BCUT2D eigenvalue weighted by Crippen LogP contribution is 2.44. The highest BCUT2D eigenvalue weighted by Gasteiger charge is 2.28. The normalized spacial score (nSPS) is 16.0. The monoisotopic (exact) mass is 341 g/mol. The molecule has 1 atom stereocenters. The summed E-state index contributed by atoms with van der Waals surface area (Å²) in [7, 11) is 3.40. The van der Waals surface area contributed by atoms with Crippen LogP contribution in [0.5, 0.6) is 11.5 Å². The van der Waals surface area contributed by atoms with E-state index in [2.05, 4.69) is 34.2 Å². The highest BCUT2D eigenvalue weighted by atomic mass is 79.9. The first-order chi connectivity index (χ1) is 9.71. The second kappa shape index (κ2) is 7.32. The van der Waals surface area contributed by atoms with Crippen LogP contribution < -0.4 is 14.8 Å². The summed E-state index contributed by atoms with van der Waals surface area (Å²) in [6.07, 6.45) is 5.06. The predicted molar refractivity (Wildman–Crippen MR) is 85.6 cm³/mol. The minimum Gasteiger partial charge on any atom is -0.495 e. The van der Waals surface area contributed by atoms with Crippen LogP contribution in [0.4, 0.5) is 0 Å². The summed E-state index contributed by atoms with van der Waals surface area (Å²) < 4.78 is 11.9. The summed E-state index contributed by atoms with van der Waals surface area (Å²) >= 11 is 3.59. The maximum Gasteiger partial charge on any atom is 0.141 e. The lowest BCUT2D eigenvalue weighted by molar-refractivity contribution is 0.374. The van der Waals surface area contributed by atoms with Gasteiger partial charge in [0.05, 0.1) is 14.2 Å². The molecule has 2 rings (SSSR count). The Morgan fingerprint density at radius 1 is 1.30 bits per heavy atom. The molecule has 0 aliphatic heterocycles. The Kier molecular flexibility index (Phi) is 5.73. The zero-order valence-electron chi connectivity index (χ0n) is 12.5. The number of nitrogens with one attached hydrogen (secondary N) is 1. The van der Waals surface area contributed by atoms with Gasteiger partial charge in [-0.25, -0.2) is 0 Å². The van der Waals surface area contributed by atoms with Gasteiger partial charge in [-0.2, -0.15) is 0 Å². The number of ether oxygens (including phenoxy) is 2. The average molecular weight is 342 g/mol. The van der Waals surface area contributed by atoms with E-state index in [1.807, 2.05) is 6.07 Å². The van der Waals surface area contributed by atoms with Crippen molar-refractivity contribution in [2.45, 2.75) is 38.6 Å². The standard InChI is InChI=1S/C16H24BrNO2/c1-4-9-18-13(10-11-5-6-11)12-7-8-14(19-2)15(17)16(12)20-3/h7-8,11,13,18H,4-6,9-10H2,1-3H3. The van der Waals surface area contributed by atoms with Crippen molar-refractivity contribution in [3.8, 4) is 11.5 Å². The van der Waals surface area contributed by atoms with Gasteiger partial charge in [-0.15, -0.1) is 0 Å². The van der Waals surface area contributed by atoms with Gasteiger partial charge in [0.2, 0.25) is 0 Å². The van der Waals surface area contributed by atoms with E-state index in [9.17, 15) is 0 Å². The molecular weight excluding hydrogens is 318 g/mol. The second-order valence-electron chi connectivity index (χ2n) is 5.39. The van der Waals surface area contributed by atoms with Gasteiger partial charge >= 0.3 is 0 Å². The Labute approximate surface area is 130 Å². The van der Waals surface area contributed by atoms with Crippen LogP contribution in [-0.2, 0) is 0 Å². The fourth-order valence-electron chi connectivity index (χ4n) is 2.52. The molecule has 0 aromatic heterocycles. The third kappa shape index (κ3) is 3.67. The number of benzene rings is 1. The first-order valence-electron chi connectivity index (χ1n) is 7.35. The smallest absolute Gasteiger partial charge is 0.141 e. The third-order valence-corrected chi connectivity index (χ3v) is 4.55. The molecule has 20 heavy (non-hydrogen) atoms. The Bertz CT molecular complexity index is 446. The number of methoxy groups -OCH3 is 2. The third-order valence-electron chi connectivity index (χ3n) is 3.80. The van der Waals surface area contributed by atoms with E-state index in [1.54, 1.807) is 14.2 Å². The van der Waals surface area contributed by atoms with Gasteiger partial charge in [0.15, 0.2) is 0 Å². The Morgan fingerprint density at radius 2 is 2.05 bits per heavy atom. The molecule has 1 fully saturated rings. The Morgan fingerprint density at radius 3 is 2.60 bits per heavy atom. The van der Waals surface area contributed by atoms with Crippen molar-refractivity contribution >= 4 is 15.9 Å². The quantitative estimate of drug-likeness (QED) is 0.764. The molecular formula is C16H24BrNO2. The van der Waals surface area contributed by atoms with E-state index in [4.69, 9.17) is 9.47 Å². The number of halogens is 1. The van der Waals surface area contributed by atoms with Crippen molar-refractivity contribution in [1.29, 1.82) is 0 Å². The summed E-state index contributed by atoms with van der Waals surface area (Å²) in [5.74, 6) is 2.57. The van der Waals surface area contributed by atoms with Crippen LogP contribution in [0.3, 0.4) is 0 Å². The van der Waals surface area contributed by atoms with Crippen LogP contribution in [-0.4, -0.2) is 20.8 Å². The minimum absolute atomic E-state index is 0.361. The number of rotatable bonds is 8. The summed E-state index contributed by atoms with van der Waals surface area (Å²) in [6.45, 7) is 3.23. The number of hydrogen-bond donors (Lipinski definition) is 1. The molecule has 4 heteroatoms. The molecule has 0 heterocycles. The molecule has 1 N–H and O–H groups in total. The van der Waals surface area contributed by atoms with E-state index in [0.717, 1.165) is 34.9 Å². The zero-order chi connectivity index (χ0) is 14.5. The van der Waals surface area contributed by atoms with Crippen molar-refractivity contribution in [3.05, 3.63) is 22.2 Å². The van der Waals surface area contributed by atoms with Crippen molar-refractivity contribution in [1.82, 2.24) is 5.32 Å². The lowest BCUT2D eigenvalue weighted by Crippen LogP contribution is -2.23. The first-order valence-corrected chi connectivity index (χ1v) is 8.14. The van der Waals surface area contributed by atoms with E-state index >= 15 is 0 Å². The molecule has 112 valence electrons. The van der Waals surface area contributed by atoms with E-state index < -0.39 is 0 Å². The average Bonchev–Trinajstić information content (AvgIpc) is 3.27. The molecule has 0 radical (unpaired) electrons. The van der Waals surface area contributed by atoms with Crippen molar-refractivity contribution in [3.63, 3.8) is 0 Å². The molecule has 1 aliphatic rings. The largest absolute Gasteiger partial charge is 0.495 e. The fourth-order valence-corrected chi connectivity index (χ4v) is 3.20. The summed E-state index contributed by atoms with van der Waals surface area (Å²) in [5, 5.41) is 3.65. The zero-order valence-corrected chi connectivity index (χ0v) is 14.1. The molecule has 1 aromatic carbocycles. The van der Waals surface area contributed by atoms with Gasteiger partial charge in [0, 0.05) is 11.6 Å². The van der Waals surface area contributed by atoms with E-state index in [0.29, 0.717) is 6.04 Å². The summed E-state index contributed by atoms with van der Waals surface area (Å²) in [6, 6.07) is 4.49. The second-order valence-corrected chi connectivity index (χ2v) is 6.18. The van der Waals surface area contributed by atoms with E-state index in [-0.39, 0.29) is 0 Å². The molecule has 0 spiro atoms. The van der Waals surface area contributed by atoms with Gasteiger partial charge in [0.25, 0.3) is 0 Å². The van der Waals surface area contributed by atoms with Crippen LogP contribution in [0.25, 0.3) is 0 Å². The first kappa shape index (κ1) is 15.6. The lowest BCUT2D eigenvalue weighted by atomic mass is 9.99. The summed E-state index contributed by atoms with van der Waals surface area (Å²) in [5.41, 5.74) is 1.22. The molecule has 3 nitrogen and oxygen atoms in total. The summed E-state index contributed by atoms with van der Waals surface area (Å²) in [4.78, 5) is 0. The van der Waals surface area contributed by atoms with Gasteiger partial charge in [-0.05, 0) is 53.4 Å². The van der Waals surface area contributed by atoms with Crippen LogP contribution in [0.1, 0.15) is 44.2 Å². The Hall–Kier alpha value is -0.740. The molecule has 1 saturated carbocycles. The SMILES string of the molecule is CCCNC(CC1CC1)c1ccc(OC)c(Br)c1OC. The minimum atomic E-state index is 0.361. The maximum atomic E-state index is 5.61. The molecule has 1 unspecified atom stereocenters. The van der Waals surface area contributed by atoms with Crippen molar-refractivity contribution < 1.29 is 9.47 Å². The van der Waals surface area contributed by atoms with Crippen LogP contribution in [0.15, 0.2) is 16.6 Å². The van der Waals surface area contributed by atoms with Crippen LogP contribution in [0.2, 0.25) is 0 Å².